The molecule has 2 rings (SSSR count). The number of nitrogens with one attached hydrogen (secondary N) is 1. The van der Waals surface area contributed by atoms with Gasteiger partial charge in [0.2, 0.25) is 5.76 Å². The molecule has 72 valence electrons. The molecule has 14 heavy (non-hydrogen) atoms. The van der Waals surface area contributed by atoms with Crippen LogP contribution < -0.4 is 5.32 Å². The predicted octanol–water partition coefficient (Wildman–Crippen LogP) is 1.20. The molecular weight excluding hydrogens is 184 g/mol. The van der Waals surface area contributed by atoms with Crippen LogP contribution >= 0.6 is 0 Å². The highest BCUT2D eigenvalue weighted by molar-refractivity contribution is 5.90. The highest BCUT2D eigenvalue weighted by Gasteiger charge is 2.08. The number of furan rings is 1. The summed E-state index contributed by atoms with van der Waals surface area (Å²) >= 11 is 0. The van der Waals surface area contributed by atoms with Gasteiger partial charge in [-0.25, -0.2) is 4.98 Å². The number of rotatable bonds is 3. The van der Waals surface area contributed by atoms with Crippen molar-refractivity contribution in [3.63, 3.8) is 0 Å². The van der Waals surface area contributed by atoms with Crippen molar-refractivity contribution < 1.29 is 13.6 Å². The van der Waals surface area contributed by atoms with Crippen molar-refractivity contribution in [2.75, 3.05) is 0 Å². The molecule has 0 atom stereocenters. The smallest absolute Gasteiger partial charge is 0.289 e. The first kappa shape index (κ1) is 8.55. The largest absolute Gasteiger partial charge is 0.467 e. The molecule has 0 fully saturated rings. The van der Waals surface area contributed by atoms with Crippen LogP contribution in [0.1, 0.15) is 16.3 Å². The third-order valence-corrected chi connectivity index (χ3v) is 1.66. The fraction of sp³-hybridized carbons (Fsp3) is 0.111. The van der Waals surface area contributed by atoms with E-state index in [0.717, 1.165) is 0 Å². The van der Waals surface area contributed by atoms with Crippen molar-refractivity contribution in [3.05, 3.63) is 42.5 Å². The summed E-state index contributed by atoms with van der Waals surface area (Å²) in [6, 6.07) is 3.54. The highest BCUT2D eigenvalue weighted by atomic mass is 16.3. The fourth-order valence-electron chi connectivity index (χ4n) is 0.996. The van der Waals surface area contributed by atoms with E-state index in [1.165, 1.54) is 12.6 Å². The molecule has 0 bridgehead atoms. The number of aromatic nitrogens is 1. The molecule has 0 unspecified atom stereocenters. The summed E-state index contributed by atoms with van der Waals surface area (Å²) in [5.74, 6) is 0.577. The van der Waals surface area contributed by atoms with Crippen LogP contribution in [0.15, 0.2) is 39.8 Å². The Balaban J connectivity index is 1.90. The van der Waals surface area contributed by atoms with Gasteiger partial charge in [-0.3, -0.25) is 4.79 Å². The van der Waals surface area contributed by atoms with Crippen molar-refractivity contribution in [2.45, 2.75) is 6.54 Å². The highest BCUT2D eigenvalue weighted by Crippen LogP contribution is 2.00. The number of carbonyl (C=O) groups is 1. The summed E-state index contributed by atoms with van der Waals surface area (Å²) in [6.07, 6.45) is 4.12. The number of amides is 1. The molecule has 0 aliphatic heterocycles. The third kappa shape index (κ3) is 1.82. The molecule has 0 aliphatic rings. The molecule has 1 amide bonds. The van der Waals surface area contributed by atoms with E-state index in [1.807, 2.05) is 0 Å². The van der Waals surface area contributed by atoms with Crippen LogP contribution in [0.3, 0.4) is 0 Å². The Kier molecular flexibility index (Phi) is 2.31. The standard InChI is InChI=1S/C9H8N2O3/c12-9(8-5-10-6-14-8)11-4-7-2-1-3-13-7/h1-3,5-6H,4H2,(H,11,12). The van der Waals surface area contributed by atoms with Crippen molar-refractivity contribution in [1.29, 1.82) is 0 Å². The number of hydrogen-bond donors (Lipinski definition) is 1. The molecule has 0 radical (unpaired) electrons. The van der Waals surface area contributed by atoms with Crippen LogP contribution in [0.4, 0.5) is 0 Å². The lowest BCUT2D eigenvalue weighted by Crippen LogP contribution is -2.21. The van der Waals surface area contributed by atoms with E-state index in [4.69, 9.17) is 8.83 Å². The van der Waals surface area contributed by atoms with E-state index in [0.29, 0.717) is 12.3 Å². The Morgan fingerprint density at radius 2 is 2.43 bits per heavy atom. The number of oxazole rings is 1. The summed E-state index contributed by atoms with van der Waals surface area (Å²) in [5.41, 5.74) is 0. The third-order valence-electron chi connectivity index (χ3n) is 1.66. The van der Waals surface area contributed by atoms with Crippen LogP contribution in [0, 0.1) is 0 Å². The molecule has 5 heteroatoms. The van der Waals surface area contributed by atoms with Crippen LogP contribution in [0.5, 0.6) is 0 Å². The second kappa shape index (κ2) is 3.78. The Bertz CT molecular complexity index is 392. The van der Waals surface area contributed by atoms with Crippen LogP contribution in [-0.4, -0.2) is 10.9 Å². The minimum atomic E-state index is -0.307. The van der Waals surface area contributed by atoms with Gasteiger partial charge in [0.25, 0.3) is 5.91 Å². The average Bonchev–Trinajstić information content (AvgIpc) is 2.87. The van der Waals surface area contributed by atoms with Crippen LogP contribution in [0.25, 0.3) is 0 Å². The Hall–Kier alpha value is -2.04. The molecule has 0 saturated heterocycles. The minimum absolute atomic E-state index is 0.191. The Morgan fingerprint density at radius 3 is 3.07 bits per heavy atom. The number of nitrogens with zero attached hydrogens (tertiary/aromatic N) is 1. The van der Waals surface area contributed by atoms with Gasteiger partial charge >= 0.3 is 0 Å². The number of hydrogen-bond acceptors (Lipinski definition) is 4. The first-order valence-electron chi connectivity index (χ1n) is 4.05. The maximum Gasteiger partial charge on any atom is 0.289 e. The molecule has 5 nitrogen and oxygen atoms in total. The van der Waals surface area contributed by atoms with E-state index in [2.05, 4.69) is 10.3 Å². The van der Waals surface area contributed by atoms with E-state index in [9.17, 15) is 4.79 Å². The first-order valence-corrected chi connectivity index (χ1v) is 4.05. The zero-order chi connectivity index (χ0) is 9.80. The van der Waals surface area contributed by atoms with E-state index in [-0.39, 0.29) is 11.7 Å². The van der Waals surface area contributed by atoms with Gasteiger partial charge in [0.1, 0.15) is 5.76 Å². The topological polar surface area (TPSA) is 68.3 Å². The SMILES string of the molecule is O=C(NCc1ccco1)c1cnco1. The molecule has 2 aromatic rings. The van der Waals surface area contributed by atoms with Gasteiger partial charge in [0.05, 0.1) is 19.0 Å². The predicted molar refractivity (Wildman–Crippen MR) is 46.4 cm³/mol. The summed E-state index contributed by atoms with van der Waals surface area (Å²) in [5, 5.41) is 2.62. The molecule has 2 aromatic heterocycles. The molecule has 2 heterocycles. The van der Waals surface area contributed by atoms with Gasteiger partial charge in [0.15, 0.2) is 6.39 Å². The summed E-state index contributed by atoms with van der Waals surface area (Å²) in [4.78, 5) is 15.0. The van der Waals surface area contributed by atoms with Crippen molar-refractivity contribution in [2.24, 2.45) is 0 Å². The second-order valence-corrected chi connectivity index (χ2v) is 2.63. The van der Waals surface area contributed by atoms with Crippen LogP contribution in [0.2, 0.25) is 0 Å². The molecular formula is C9H8N2O3. The minimum Gasteiger partial charge on any atom is -0.467 e. The maximum atomic E-state index is 11.3. The molecule has 0 spiro atoms. The fourth-order valence-corrected chi connectivity index (χ4v) is 0.996. The number of carbonyl (C=O) groups excluding carboxylic acids is 1. The van der Waals surface area contributed by atoms with E-state index in [1.54, 1.807) is 18.4 Å². The quantitative estimate of drug-likeness (QED) is 0.793. The lowest BCUT2D eigenvalue weighted by Gasteiger charge is -1.98. The van der Waals surface area contributed by atoms with E-state index < -0.39 is 0 Å². The zero-order valence-corrected chi connectivity index (χ0v) is 7.27. The van der Waals surface area contributed by atoms with Gasteiger partial charge in [-0.15, -0.1) is 0 Å². The summed E-state index contributed by atoms with van der Waals surface area (Å²) in [6.45, 7) is 0.340. The molecule has 0 aromatic carbocycles. The molecule has 0 saturated carbocycles. The monoisotopic (exact) mass is 192 g/mol. The van der Waals surface area contributed by atoms with Gasteiger partial charge in [-0.05, 0) is 12.1 Å². The molecule has 1 N–H and O–H groups in total. The average molecular weight is 192 g/mol. The van der Waals surface area contributed by atoms with Crippen LogP contribution in [-0.2, 0) is 6.54 Å². The zero-order valence-electron chi connectivity index (χ0n) is 7.27. The first-order chi connectivity index (χ1) is 6.86. The van der Waals surface area contributed by atoms with Gasteiger partial charge in [-0.2, -0.15) is 0 Å². The van der Waals surface area contributed by atoms with Gasteiger partial charge in [0, 0.05) is 0 Å². The molecule has 0 aliphatic carbocycles. The Morgan fingerprint density at radius 1 is 1.50 bits per heavy atom. The van der Waals surface area contributed by atoms with Gasteiger partial charge < -0.3 is 14.2 Å². The van der Waals surface area contributed by atoms with Crippen molar-refractivity contribution >= 4 is 5.91 Å². The lowest BCUT2D eigenvalue weighted by atomic mass is 10.4. The second-order valence-electron chi connectivity index (χ2n) is 2.63. The Labute approximate surface area is 79.7 Å². The van der Waals surface area contributed by atoms with E-state index >= 15 is 0 Å². The maximum absolute atomic E-state index is 11.3. The van der Waals surface area contributed by atoms with Crippen molar-refractivity contribution in [3.8, 4) is 0 Å². The lowest BCUT2D eigenvalue weighted by molar-refractivity contribution is 0.0920. The normalized spacial score (nSPS) is 10.0. The summed E-state index contributed by atoms with van der Waals surface area (Å²) < 4.78 is 9.85. The van der Waals surface area contributed by atoms with Crippen molar-refractivity contribution in [1.82, 2.24) is 10.3 Å². The van der Waals surface area contributed by atoms with Gasteiger partial charge in [-0.1, -0.05) is 0 Å². The summed E-state index contributed by atoms with van der Waals surface area (Å²) in [7, 11) is 0.